The lowest BCUT2D eigenvalue weighted by atomic mass is 9.89. The quantitative estimate of drug-likeness (QED) is 0.201. The van der Waals surface area contributed by atoms with Gasteiger partial charge in [0.1, 0.15) is 0 Å². The van der Waals surface area contributed by atoms with Crippen molar-refractivity contribution < 1.29 is 16.8 Å². The largest absolute Gasteiger partial charge is 0.244 e. The Hall–Kier alpha value is -2.00. The second kappa shape index (κ2) is 15.7. The molecule has 264 valence electrons. The van der Waals surface area contributed by atoms with E-state index < -0.39 is 20.0 Å². The van der Waals surface area contributed by atoms with E-state index in [1.165, 1.54) is 0 Å². The van der Waals surface area contributed by atoms with Crippen LogP contribution in [0, 0.1) is 0 Å². The molecule has 6 nitrogen and oxygen atoms in total. The van der Waals surface area contributed by atoms with Crippen molar-refractivity contribution in [2.24, 2.45) is 0 Å². The molecule has 3 rings (SSSR count). The summed E-state index contributed by atoms with van der Waals surface area (Å²) < 4.78 is 63.0. The molecule has 1 saturated carbocycles. The average Bonchev–Trinajstić information content (AvgIpc) is 2.97. The van der Waals surface area contributed by atoms with Gasteiger partial charge in [0.25, 0.3) is 0 Å². The van der Waals surface area contributed by atoms with Gasteiger partial charge in [-0.2, -0.15) is 4.31 Å². The maximum absolute atomic E-state index is 14.8. The Bertz CT molecular complexity index is 1560. The zero-order valence-electron chi connectivity index (χ0n) is 31.1. The lowest BCUT2D eigenvalue weighted by Crippen LogP contribution is -2.48. The van der Waals surface area contributed by atoms with Gasteiger partial charge in [-0.25, -0.2) is 21.6 Å². The lowest BCUT2D eigenvalue weighted by Gasteiger charge is -2.38. The van der Waals surface area contributed by atoms with Crippen molar-refractivity contribution in [2.75, 3.05) is 6.54 Å². The van der Waals surface area contributed by atoms with Crippen molar-refractivity contribution in [3.05, 3.63) is 70.3 Å². The molecule has 1 aliphatic carbocycles. The van der Waals surface area contributed by atoms with Crippen molar-refractivity contribution in [3.63, 3.8) is 0 Å². The monoisotopic (exact) mass is 686 g/mol. The van der Waals surface area contributed by atoms with Gasteiger partial charge in [0.15, 0.2) is 0 Å². The Balaban J connectivity index is 2.08. The van der Waals surface area contributed by atoms with E-state index in [4.69, 9.17) is 0 Å². The van der Waals surface area contributed by atoms with Crippen LogP contribution in [0.1, 0.15) is 178 Å². The molecule has 0 aliphatic heterocycles. The molecule has 0 radical (unpaired) electrons. The smallest absolute Gasteiger partial charge is 0.208 e. The van der Waals surface area contributed by atoms with E-state index >= 15 is 0 Å². The maximum atomic E-state index is 14.8. The Morgan fingerprint density at radius 1 is 0.681 bits per heavy atom. The van der Waals surface area contributed by atoms with Gasteiger partial charge in [-0.1, -0.05) is 120 Å². The van der Waals surface area contributed by atoms with Gasteiger partial charge in [0.2, 0.25) is 20.0 Å². The van der Waals surface area contributed by atoms with Crippen LogP contribution in [0.15, 0.2) is 46.7 Å². The highest BCUT2D eigenvalue weighted by Crippen LogP contribution is 2.40. The molecular formula is C39H62N2O4S2. The van der Waals surface area contributed by atoms with E-state index in [2.05, 4.69) is 91.0 Å². The molecule has 2 aromatic rings. The van der Waals surface area contributed by atoms with Gasteiger partial charge in [0, 0.05) is 18.6 Å². The SMILES string of the molecule is C=CCN([C@@H]1CCC[C@H](NS(=O)(=O)c2c(C(C)C)cc(C(C)C)cc2C(C)C)C1)S(=O)(=O)c1c(C(C)C)cc(C(C)C)cc1C(C)C. The van der Waals surface area contributed by atoms with E-state index in [0.29, 0.717) is 29.1 Å². The molecule has 0 bridgehead atoms. The Labute approximate surface area is 287 Å². The van der Waals surface area contributed by atoms with E-state index in [-0.39, 0.29) is 54.1 Å². The first-order valence-electron chi connectivity index (χ1n) is 17.7. The Morgan fingerprint density at radius 2 is 1.09 bits per heavy atom. The predicted molar refractivity (Wildman–Crippen MR) is 198 cm³/mol. The van der Waals surface area contributed by atoms with Crippen LogP contribution in [0.2, 0.25) is 0 Å². The second-order valence-electron chi connectivity index (χ2n) is 15.5. The first-order chi connectivity index (χ1) is 21.7. The summed E-state index contributed by atoms with van der Waals surface area (Å²) in [5.74, 6) is 0.627. The van der Waals surface area contributed by atoms with Gasteiger partial charge >= 0.3 is 0 Å². The molecule has 47 heavy (non-hydrogen) atoms. The molecule has 2 aromatic carbocycles. The summed E-state index contributed by atoms with van der Waals surface area (Å²) in [6, 6.07) is 7.51. The summed E-state index contributed by atoms with van der Waals surface area (Å²) in [4.78, 5) is 0.794. The maximum Gasteiger partial charge on any atom is 0.244 e. The summed E-state index contributed by atoms with van der Waals surface area (Å²) in [7, 11) is -7.83. The van der Waals surface area contributed by atoms with Crippen LogP contribution in [-0.2, 0) is 20.0 Å². The van der Waals surface area contributed by atoms with E-state index in [1.54, 1.807) is 10.4 Å². The molecule has 0 heterocycles. The summed E-state index contributed by atoms with van der Waals surface area (Å²) in [6.45, 7) is 29.0. The van der Waals surface area contributed by atoms with Crippen LogP contribution in [0.3, 0.4) is 0 Å². The van der Waals surface area contributed by atoms with Gasteiger partial charge < -0.3 is 0 Å². The van der Waals surface area contributed by atoms with Gasteiger partial charge in [-0.3, -0.25) is 0 Å². The van der Waals surface area contributed by atoms with Crippen LogP contribution >= 0.6 is 0 Å². The lowest BCUT2D eigenvalue weighted by molar-refractivity contribution is 0.243. The molecule has 1 aliphatic rings. The molecule has 2 atom stereocenters. The zero-order valence-corrected chi connectivity index (χ0v) is 32.8. The minimum absolute atomic E-state index is 0.0138. The van der Waals surface area contributed by atoms with Crippen molar-refractivity contribution in [2.45, 2.75) is 166 Å². The first kappa shape index (κ1) is 39.4. The van der Waals surface area contributed by atoms with Crippen molar-refractivity contribution >= 4 is 20.0 Å². The van der Waals surface area contributed by atoms with Crippen molar-refractivity contribution in [1.82, 2.24) is 9.03 Å². The second-order valence-corrected chi connectivity index (χ2v) is 19.0. The summed E-state index contributed by atoms with van der Waals surface area (Å²) in [5, 5.41) is 0. The van der Waals surface area contributed by atoms with Crippen molar-refractivity contribution in [3.8, 4) is 0 Å². The summed E-state index contributed by atoms with van der Waals surface area (Å²) >= 11 is 0. The third-order valence-electron chi connectivity index (χ3n) is 9.68. The fraction of sp³-hybridized carbons (Fsp3) is 0.641. The molecule has 8 heteroatoms. The summed E-state index contributed by atoms with van der Waals surface area (Å²) in [5.41, 5.74) is 5.64. The average molecular weight is 687 g/mol. The van der Waals surface area contributed by atoms with Crippen LogP contribution in [0.4, 0.5) is 0 Å². The fourth-order valence-electron chi connectivity index (χ4n) is 6.89. The highest BCUT2D eigenvalue weighted by atomic mass is 32.2. The Morgan fingerprint density at radius 3 is 1.45 bits per heavy atom. The number of nitrogens with one attached hydrogen (secondary N) is 1. The van der Waals surface area contributed by atoms with Crippen LogP contribution < -0.4 is 4.72 Å². The number of benzene rings is 2. The van der Waals surface area contributed by atoms with Crippen LogP contribution in [-0.4, -0.2) is 39.8 Å². The highest BCUT2D eigenvalue weighted by Gasteiger charge is 2.39. The topological polar surface area (TPSA) is 83.6 Å². The molecule has 0 amide bonds. The molecule has 1 fully saturated rings. The van der Waals surface area contributed by atoms with Gasteiger partial charge in [0.05, 0.1) is 9.79 Å². The number of rotatable bonds is 14. The third kappa shape index (κ3) is 8.78. The van der Waals surface area contributed by atoms with E-state index in [1.807, 2.05) is 27.7 Å². The molecule has 0 unspecified atom stereocenters. The normalized spacial score (nSPS) is 18.1. The standard InChI is InChI=1S/C39H62N2O4S2/c1-14-18-41(47(44,45)39-36(28(10)11)21-31(25(4)5)22-37(39)29(12)13)33-17-15-16-32(23-33)40-46(42,43)38-34(26(6)7)19-30(24(2)3)20-35(38)27(8)9/h14,19-22,24-29,32-33,40H,1,15-18,23H2,2-13H3/t32-,33+/m0/s1. The molecule has 1 N–H and O–H groups in total. The molecule has 0 aromatic heterocycles. The van der Waals surface area contributed by atoms with E-state index in [0.717, 1.165) is 39.8 Å². The van der Waals surface area contributed by atoms with Crippen LogP contribution in [0.5, 0.6) is 0 Å². The number of sulfonamides is 2. The number of hydrogen-bond donors (Lipinski definition) is 1. The van der Waals surface area contributed by atoms with Crippen molar-refractivity contribution in [1.29, 1.82) is 0 Å². The predicted octanol–water partition coefficient (Wildman–Crippen LogP) is 9.89. The molecule has 0 spiro atoms. The summed E-state index contributed by atoms with van der Waals surface area (Å²) in [6.07, 6.45) is 4.11. The zero-order chi connectivity index (χ0) is 35.6. The molecular weight excluding hydrogens is 625 g/mol. The minimum atomic E-state index is -3.94. The highest BCUT2D eigenvalue weighted by molar-refractivity contribution is 7.89. The number of hydrogen-bond acceptors (Lipinski definition) is 4. The van der Waals surface area contributed by atoms with Gasteiger partial charge in [-0.05, 0) is 88.2 Å². The van der Waals surface area contributed by atoms with Crippen LogP contribution in [0.25, 0.3) is 0 Å². The first-order valence-corrected chi connectivity index (χ1v) is 20.7. The molecule has 0 saturated heterocycles. The minimum Gasteiger partial charge on any atom is -0.208 e. The fourth-order valence-corrected chi connectivity index (χ4v) is 11.2. The van der Waals surface area contributed by atoms with E-state index in [9.17, 15) is 16.8 Å². The Kier molecular flexibility index (Phi) is 13.2. The third-order valence-corrected chi connectivity index (χ3v) is 13.4. The van der Waals surface area contributed by atoms with Gasteiger partial charge in [-0.15, -0.1) is 6.58 Å². The number of nitrogens with zero attached hydrogens (tertiary/aromatic N) is 1.